The van der Waals surface area contributed by atoms with Crippen molar-refractivity contribution in [2.45, 2.75) is 65.3 Å². The molecule has 4 heteroatoms. The lowest BCUT2D eigenvalue weighted by Crippen LogP contribution is -2.37. The van der Waals surface area contributed by atoms with Crippen LogP contribution in [0.25, 0.3) is 0 Å². The van der Waals surface area contributed by atoms with Crippen LogP contribution in [0.3, 0.4) is 0 Å². The van der Waals surface area contributed by atoms with Gasteiger partial charge in [-0.15, -0.1) is 0 Å². The highest BCUT2D eigenvalue weighted by Crippen LogP contribution is 2.37. The van der Waals surface area contributed by atoms with E-state index in [0.717, 1.165) is 11.6 Å². The Labute approximate surface area is 127 Å². The fourth-order valence-corrected chi connectivity index (χ4v) is 3.00. The Morgan fingerprint density at radius 2 is 1.85 bits per heavy atom. The molecule has 1 aromatic rings. The third kappa shape index (κ3) is 3.63. The summed E-state index contributed by atoms with van der Waals surface area (Å²) in [5.41, 5.74) is 0.490. The molecular weight excluding hydrogens is 270 g/mol. The van der Waals surface area contributed by atoms with Crippen LogP contribution in [0.5, 0.6) is 0 Å². The Bertz CT molecular complexity index is 461. The molecule has 1 aliphatic carbocycles. The molecule has 0 radical (unpaired) electrons. The number of nitrogens with zero attached hydrogens (tertiary/aromatic N) is 3. The summed E-state index contributed by atoms with van der Waals surface area (Å²) in [6.45, 7) is 8.92. The van der Waals surface area contributed by atoms with E-state index < -0.39 is 0 Å². The lowest BCUT2D eigenvalue weighted by atomic mass is 9.75. The molecule has 1 saturated carbocycles. The van der Waals surface area contributed by atoms with Gasteiger partial charge in [-0.3, -0.25) is 0 Å². The van der Waals surface area contributed by atoms with Crippen molar-refractivity contribution in [1.29, 1.82) is 0 Å². The first-order valence-electron chi connectivity index (χ1n) is 7.56. The molecule has 0 aromatic carbocycles. The minimum atomic E-state index is 0.297. The van der Waals surface area contributed by atoms with Gasteiger partial charge in [0.15, 0.2) is 0 Å². The van der Waals surface area contributed by atoms with Gasteiger partial charge in [0, 0.05) is 25.1 Å². The van der Waals surface area contributed by atoms with Crippen LogP contribution in [0.4, 0.5) is 5.82 Å². The van der Waals surface area contributed by atoms with Gasteiger partial charge in [-0.1, -0.05) is 39.3 Å². The second-order valence-electron chi connectivity index (χ2n) is 7.07. The maximum absolute atomic E-state index is 6.14. The highest BCUT2D eigenvalue weighted by molar-refractivity contribution is 6.29. The fourth-order valence-electron chi connectivity index (χ4n) is 2.82. The van der Waals surface area contributed by atoms with Gasteiger partial charge in [0.25, 0.3) is 0 Å². The first-order chi connectivity index (χ1) is 9.28. The first-order valence-corrected chi connectivity index (χ1v) is 7.93. The molecule has 2 rings (SSSR count). The van der Waals surface area contributed by atoms with E-state index in [1.807, 2.05) is 6.07 Å². The molecule has 0 amide bonds. The third-order valence-electron chi connectivity index (χ3n) is 4.43. The van der Waals surface area contributed by atoms with Crippen LogP contribution in [-0.2, 0) is 0 Å². The third-order valence-corrected chi connectivity index (χ3v) is 4.63. The Morgan fingerprint density at radius 3 is 2.40 bits per heavy atom. The van der Waals surface area contributed by atoms with Gasteiger partial charge in [-0.25, -0.2) is 9.97 Å². The summed E-state index contributed by atoms with van der Waals surface area (Å²) in [4.78, 5) is 11.3. The largest absolute Gasteiger partial charge is 0.357 e. The molecule has 0 unspecified atom stereocenters. The van der Waals surface area contributed by atoms with E-state index in [1.54, 1.807) is 0 Å². The Kier molecular flexibility index (Phi) is 4.58. The first kappa shape index (κ1) is 15.6. The Balaban J connectivity index is 2.15. The van der Waals surface area contributed by atoms with E-state index in [0.29, 0.717) is 22.5 Å². The predicted octanol–water partition coefficient (Wildman–Crippen LogP) is 4.66. The second-order valence-corrected chi connectivity index (χ2v) is 7.46. The van der Waals surface area contributed by atoms with Gasteiger partial charge in [0.2, 0.25) is 0 Å². The van der Waals surface area contributed by atoms with Crippen LogP contribution in [0.1, 0.15) is 65.1 Å². The standard InChI is InChI=1S/C16H26ClN3/c1-11(2)15-18-13(17)10-14(19-15)20(5)12-6-8-16(3,4)9-7-12/h10-12H,6-9H2,1-5H3. The van der Waals surface area contributed by atoms with Crippen molar-refractivity contribution >= 4 is 17.4 Å². The zero-order valence-corrected chi connectivity index (χ0v) is 14.0. The summed E-state index contributed by atoms with van der Waals surface area (Å²) >= 11 is 6.14. The minimum absolute atomic E-state index is 0.297. The fraction of sp³-hybridized carbons (Fsp3) is 0.750. The van der Waals surface area contributed by atoms with Gasteiger partial charge in [-0.2, -0.15) is 0 Å². The number of rotatable bonds is 3. The van der Waals surface area contributed by atoms with Crippen LogP contribution in [0, 0.1) is 5.41 Å². The minimum Gasteiger partial charge on any atom is -0.357 e. The summed E-state index contributed by atoms with van der Waals surface area (Å²) in [5.74, 6) is 2.08. The molecule has 0 saturated heterocycles. The van der Waals surface area contributed by atoms with Crippen LogP contribution in [0.2, 0.25) is 5.15 Å². The molecule has 20 heavy (non-hydrogen) atoms. The molecule has 0 atom stereocenters. The van der Waals surface area contributed by atoms with Gasteiger partial charge in [0.1, 0.15) is 16.8 Å². The van der Waals surface area contributed by atoms with Gasteiger partial charge < -0.3 is 4.90 Å². The van der Waals surface area contributed by atoms with Crippen molar-refractivity contribution in [2.75, 3.05) is 11.9 Å². The summed E-state index contributed by atoms with van der Waals surface area (Å²) in [7, 11) is 2.13. The molecule has 112 valence electrons. The van der Waals surface area contributed by atoms with Crippen molar-refractivity contribution < 1.29 is 0 Å². The van der Waals surface area contributed by atoms with Crippen LogP contribution >= 0.6 is 11.6 Å². The number of aromatic nitrogens is 2. The lowest BCUT2D eigenvalue weighted by molar-refractivity contribution is 0.222. The van der Waals surface area contributed by atoms with Crippen LogP contribution in [-0.4, -0.2) is 23.1 Å². The lowest BCUT2D eigenvalue weighted by Gasteiger charge is -2.39. The molecule has 1 aliphatic rings. The quantitative estimate of drug-likeness (QED) is 0.760. The molecule has 3 nitrogen and oxygen atoms in total. The van der Waals surface area contributed by atoms with E-state index in [1.165, 1.54) is 25.7 Å². The average Bonchev–Trinajstić information content (AvgIpc) is 2.37. The smallest absolute Gasteiger partial charge is 0.135 e. The number of anilines is 1. The number of hydrogen-bond acceptors (Lipinski definition) is 3. The van der Waals surface area contributed by atoms with E-state index in [-0.39, 0.29) is 0 Å². The van der Waals surface area contributed by atoms with Crippen molar-refractivity contribution in [3.05, 3.63) is 17.0 Å². The maximum Gasteiger partial charge on any atom is 0.135 e. The summed E-state index contributed by atoms with van der Waals surface area (Å²) < 4.78 is 0. The maximum atomic E-state index is 6.14. The summed E-state index contributed by atoms with van der Waals surface area (Å²) in [6.07, 6.45) is 5.00. The van der Waals surface area contributed by atoms with Gasteiger partial charge in [-0.05, 0) is 31.1 Å². The van der Waals surface area contributed by atoms with Crippen LogP contribution in [0.15, 0.2) is 6.07 Å². The molecule has 0 bridgehead atoms. The zero-order valence-electron chi connectivity index (χ0n) is 13.3. The molecule has 1 fully saturated rings. The molecule has 0 aliphatic heterocycles. The molecule has 1 aromatic heterocycles. The Hall–Kier alpha value is -0.830. The Morgan fingerprint density at radius 1 is 1.25 bits per heavy atom. The van der Waals surface area contributed by atoms with Crippen LogP contribution < -0.4 is 4.90 Å². The van der Waals surface area contributed by atoms with E-state index >= 15 is 0 Å². The normalized spacial score (nSPS) is 19.4. The second kappa shape index (κ2) is 5.88. The monoisotopic (exact) mass is 295 g/mol. The van der Waals surface area contributed by atoms with Crippen molar-refractivity contribution in [2.24, 2.45) is 5.41 Å². The highest BCUT2D eigenvalue weighted by Gasteiger charge is 2.29. The average molecular weight is 296 g/mol. The molecule has 0 N–H and O–H groups in total. The molecule has 0 spiro atoms. The summed E-state index contributed by atoms with van der Waals surface area (Å²) in [6, 6.07) is 2.45. The molecule has 1 heterocycles. The van der Waals surface area contributed by atoms with E-state index in [2.05, 4.69) is 49.6 Å². The predicted molar refractivity (Wildman–Crippen MR) is 85.6 cm³/mol. The van der Waals surface area contributed by atoms with E-state index in [9.17, 15) is 0 Å². The number of hydrogen-bond donors (Lipinski definition) is 0. The van der Waals surface area contributed by atoms with Gasteiger partial charge in [0.05, 0.1) is 0 Å². The topological polar surface area (TPSA) is 29.0 Å². The van der Waals surface area contributed by atoms with Crippen molar-refractivity contribution in [3.63, 3.8) is 0 Å². The SMILES string of the molecule is CC(C)c1nc(Cl)cc(N(C)C2CCC(C)(C)CC2)n1. The zero-order chi connectivity index (χ0) is 14.9. The van der Waals surface area contributed by atoms with Gasteiger partial charge >= 0.3 is 0 Å². The van der Waals surface area contributed by atoms with E-state index in [4.69, 9.17) is 11.6 Å². The van der Waals surface area contributed by atoms with Crippen molar-refractivity contribution in [3.8, 4) is 0 Å². The number of halogens is 1. The molecular formula is C16H26ClN3. The summed E-state index contributed by atoms with van der Waals surface area (Å²) in [5, 5.41) is 0.543. The van der Waals surface area contributed by atoms with Crippen molar-refractivity contribution in [1.82, 2.24) is 9.97 Å². The highest BCUT2D eigenvalue weighted by atomic mass is 35.5.